The van der Waals surface area contributed by atoms with Crippen molar-refractivity contribution in [3.05, 3.63) is 71.8 Å². The topological polar surface area (TPSA) is 62.7 Å². The molecule has 0 amide bonds. The van der Waals surface area contributed by atoms with Crippen LogP contribution >= 0.6 is 0 Å². The molecule has 0 aliphatic carbocycles. The molecule has 0 unspecified atom stereocenters. The van der Waals surface area contributed by atoms with E-state index >= 15 is 0 Å². The Hall–Kier alpha value is -3.45. The SMILES string of the molecule is C=N/C(=C\C(=C/C)Cn1nc(-c2ccc(-c3ccccc3)o2)nc1C)N1CCN(C)CC1. The van der Waals surface area contributed by atoms with Crippen LogP contribution in [0.3, 0.4) is 0 Å². The predicted octanol–water partition coefficient (Wildman–Crippen LogP) is 4.25. The summed E-state index contributed by atoms with van der Waals surface area (Å²) in [6, 6.07) is 13.9. The van der Waals surface area contributed by atoms with Gasteiger partial charge < -0.3 is 14.2 Å². The monoisotopic (exact) mass is 430 g/mol. The van der Waals surface area contributed by atoms with Crippen LogP contribution in [0.5, 0.6) is 0 Å². The van der Waals surface area contributed by atoms with E-state index in [2.05, 4.69) is 45.7 Å². The van der Waals surface area contributed by atoms with Gasteiger partial charge in [-0.25, -0.2) is 14.7 Å². The summed E-state index contributed by atoms with van der Waals surface area (Å²) in [7, 11) is 2.15. The van der Waals surface area contributed by atoms with Crippen molar-refractivity contribution in [3.63, 3.8) is 0 Å². The Balaban J connectivity index is 1.51. The van der Waals surface area contributed by atoms with Gasteiger partial charge in [0.25, 0.3) is 0 Å². The molecule has 1 aliphatic rings. The molecule has 1 fully saturated rings. The lowest BCUT2D eigenvalue weighted by atomic mass is 10.2. The number of hydrogen-bond donors (Lipinski definition) is 0. The smallest absolute Gasteiger partial charge is 0.217 e. The molecule has 2 aromatic heterocycles. The molecule has 0 saturated carbocycles. The molecule has 3 heterocycles. The van der Waals surface area contributed by atoms with E-state index < -0.39 is 0 Å². The third-order valence-corrected chi connectivity index (χ3v) is 5.75. The lowest BCUT2D eigenvalue weighted by Crippen LogP contribution is -2.43. The molecule has 0 spiro atoms. The summed E-state index contributed by atoms with van der Waals surface area (Å²) in [5.41, 5.74) is 2.14. The summed E-state index contributed by atoms with van der Waals surface area (Å²) < 4.78 is 7.93. The molecule has 32 heavy (non-hydrogen) atoms. The van der Waals surface area contributed by atoms with E-state index in [1.807, 2.05) is 61.0 Å². The summed E-state index contributed by atoms with van der Waals surface area (Å²) in [6.07, 6.45) is 4.18. The van der Waals surface area contributed by atoms with Crippen molar-refractivity contribution in [2.45, 2.75) is 20.4 Å². The Kier molecular flexibility index (Phi) is 6.66. The average Bonchev–Trinajstić information content (AvgIpc) is 3.45. The maximum Gasteiger partial charge on any atom is 0.217 e. The van der Waals surface area contributed by atoms with Crippen LogP contribution in [0.1, 0.15) is 12.7 Å². The van der Waals surface area contributed by atoms with Gasteiger partial charge in [-0.3, -0.25) is 0 Å². The first kappa shape index (κ1) is 21.8. The number of nitrogens with zero attached hydrogens (tertiary/aromatic N) is 6. The van der Waals surface area contributed by atoms with Gasteiger partial charge in [0.15, 0.2) is 5.76 Å². The zero-order valence-electron chi connectivity index (χ0n) is 19.0. The molecule has 0 radical (unpaired) electrons. The third-order valence-electron chi connectivity index (χ3n) is 5.75. The molecule has 166 valence electrons. The van der Waals surface area contributed by atoms with Gasteiger partial charge in [-0.05, 0) is 51.4 Å². The number of rotatable bonds is 7. The second kappa shape index (κ2) is 9.78. The van der Waals surface area contributed by atoms with Crippen molar-refractivity contribution in [3.8, 4) is 22.9 Å². The van der Waals surface area contributed by atoms with Gasteiger partial charge in [-0.15, -0.1) is 5.10 Å². The second-order valence-electron chi connectivity index (χ2n) is 7.98. The lowest BCUT2D eigenvalue weighted by Gasteiger charge is -2.34. The highest BCUT2D eigenvalue weighted by Crippen LogP contribution is 2.27. The maximum absolute atomic E-state index is 6.03. The Morgan fingerprint density at radius 3 is 2.50 bits per heavy atom. The minimum Gasteiger partial charge on any atom is -0.453 e. The summed E-state index contributed by atoms with van der Waals surface area (Å²) in [4.78, 5) is 13.5. The molecule has 4 rings (SSSR count). The van der Waals surface area contributed by atoms with Crippen LogP contribution in [0.25, 0.3) is 22.9 Å². The molecular formula is C25H30N6O. The first-order chi connectivity index (χ1) is 15.6. The Labute approximate surface area is 189 Å². The molecule has 7 heteroatoms. The van der Waals surface area contributed by atoms with Crippen molar-refractivity contribution in [1.82, 2.24) is 24.6 Å². The van der Waals surface area contributed by atoms with Gasteiger partial charge >= 0.3 is 0 Å². The van der Waals surface area contributed by atoms with E-state index in [9.17, 15) is 0 Å². The maximum atomic E-state index is 6.03. The van der Waals surface area contributed by atoms with Gasteiger partial charge in [-0.2, -0.15) is 0 Å². The molecule has 0 N–H and O–H groups in total. The highest BCUT2D eigenvalue weighted by Gasteiger charge is 2.17. The second-order valence-corrected chi connectivity index (χ2v) is 7.98. The van der Waals surface area contributed by atoms with Crippen molar-refractivity contribution < 1.29 is 4.42 Å². The lowest BCUT2D eigenvalue weighted by molar-refractivity contribution is 0.185. The van der Waals surface area contributed by atoms with Crippen molar-refractivity contribution in [2.75, 3.05) is 33.2 Å². The number of furan rings is 1. The minimum absolute atomic E-state index is 0.588. The van der Waals surface area contributed by atoms with Crippen LogP contribution in [-0.4, -0.2) is 64.5 Å². The van der Waals surface area contributed by atoms with Crippen LogP contribution < -0.4 is 0 Å². The number of piperazine rings is 1. The standard InChI is InChI=1S/C25H30N6O/c1-5-20(17-24(26-3)30-15-13-29(4)14-16-30)18-31-19(2)27-25(28-31)23-12-11-22(32-23)21-9-7-6-8-10-21/h5-12,17H,3,13-16,18H2,1-2,4H3/b20-5+,24-17+. The minimum atomic E-state index is 0.588. The first-order valence-electron chi connectivity index (χ1n) is 10.9. The van der Waals surface area contributed by atoms with E-state index in [0.717, 1.165) is 54.7 Å². The van der Waals surface area contributed by atoms with Crippen LogP contribution in [-0.2, 0) is 6.54 Å². The van der Waals surface area contributed by atoms with Gasteiger partial charge in [0.05, 0.1) is 6.54 Å². The number of hydrogen-bond acceptors (Lipinski definition) is 6. The zero-order chi connectivity index (χ0) is 22.5. The summed E-state index contributed by atoms with van der Waals surface area (Å²) in [6.45, 7) is 12.3. The number of aliphatic imine (C=N–C) groups is 1. The molecule has 0 atom stereocenters. The molecular weight excluding hydrogens is 400 g/mol. The number of aryl methyl sites for hydroxylation is 1. The van der Waals surface area contributed by atoms with Gasteiger partial charge in [0.2, 0.25) is 5.82 Å². The zero-order valence-corrected chi connectivity index (χ0v) is 19.0. The number of likely N-dealkylation sites (N-methyl/N-ethyl adjacent to an activating group) is 1. The molecule has 3 aromatic rings. The third kappa shape index (κ3) is 4.89. The number of aromatic nitrogens is 3. The fourth-order valence-corrected chi connectivity index (χ4v) is 3.72. The van der Waals surface area contributed by atoms with Gasteiger partial charge in [0.1, 0.15) is 17.4 Å². The summed E-state index contributed by atoms with van der Waals surface area (Å²) >= 11 is 0. The molecule has 1 aromatic carbocycles. The van der Waals surface area contributed by atoms with E-state index in [4.69, 9.17) is 9.52 Å². The van der Waals surface area contributed by atoms with E-state index in [1.54, 1.807) is 0 Å². The van der Waals surface area contributed by atoms with Crippen molar-refractivity contribution >= 4 is 6.72 Å². The normalized spacial score (nSPS) is 15.9. The fourth-order valence-electron chi connectivity index (χ4n) is 3.72. The Morgan fingerprint density at radius 1 is 1.09 bits per heavy atom. The highest BCUT2D eigenvalue weighted by molar-refractivity contribution is 5.61. The van der Waals surface area contributed by atoms with Crippen molar-refractivity contribution in [1.29, 1.82) is 0 Å². The van der Waals surface area contributed by atoms with E-state index in [-0.39, 0.29) is 0 Å². The number of allylic oxidation sites excluding steroid dienone is 3. The molecule has 1 saturated heterocycles. The van der Waals surface area contributed by atoms with Crippen LogP contribution in [0.2, 0.25) is 0 Å². The highest BCUT2D eigenvalue weighted by atomic mass is 16.3. The Bertz CT molecular complexity index is 1120. The van der Waals surface area contributed by atoms with E-state index in [0.29, 0.717) is 18.1 Å². The Morgan fingerprint density at radius 2 is 1.81 bits per heavy atom. The largest absolute Gasteiger partial charge is 0.453 e. The van der Waals surface area contributed by atoms with Gasteiger partial charge in [0, 0.05) is 31.7 Å². The molecule has 0 bridgehead atoms. The van der Waals surface area contributed by atoms with Crippen LogP contribution in [0.15, 0.2) is 75.4 Å². The van der Waals surface area contributed by atoms with Crippen LogP contribution in [0.4, 0.5) is 0 Å². The predicted molar refractivity (Wildman–Crippen MR) is 128 cm³/mol. The summed E-state index contributed by atoms with van der Waals surface area (Å²) in [5, 5.41) is 4.71. The summed E-state index contributed by atoms with van der Waals surface area (Å²) in [5.74, 6) is 3.79. The average molecular weight is 431 g/mol. The van der Waals surface area contributed by atoms with Crippen LogP contribution in [0, 0.1) is 6.92 Å². The number of benzene rings is 1. The fraction of sp³-hybridized carbons (Fsp3) is 0.320. The van der Waals surface area contributed by atoms with E-state index in [1.165, 1.54) is 0 Å². The molecule has 1 aliphatic heterocycles. The quantitative estimate of drug-likeness (QED) is 0.414. The van der Waals surface area contributed by atoms with Crippen molar-refractivity contribution in [2.24, 2.45) is 4.99 Å². The van der Waals surface area contributed by atoms with Gasteiger partial charge in [-0.1, -0.05) is 36.4 Å². The molecule has 7 nitrogen and oxygen atoms in total. The first-order valence-corrected chi connectivity index (χ1v) is 10.9.